The summed E-state index contributed by atoms with van der Waals surface area (Å²) >= 11 is 17.3. The van der Waals surface area contributed by atoms with Crippen LogP contribution in [-0.2, 0) is 0 Å². The zero-order valence-corrected chi connectivity index (χ0v) is 21.4. The maximum atomic E-state index is 12.1. The third-order valence-electron chi connectivity index (χ3n) is 5.11. The molecular formula is C27H26Cl3F3N2O2. The van der Waals surface area contributed by atoms with Gasteiger partial charge >= 0.3 is 6.18 Å². The molecule has 3 rings (SSSR count). The highest BCUT2D eigenvalue weighted by atomic mass is 35.5. The quantitative estimate of drug-likeness (QED) is 0.217. The number of hydrogen-bond donors (Lipinski definition) is 1. The number of carbonyl (C=O) groups excluding carboxylic acids is 1. The van der Waals surface area contributed by atoms with Gasteiger partial charge in [0.15, 0.2) is 0 Å². The summed E-state index contributed by atoms with van der Waals surface area (Å²) in [6, 6.07) is 16.0. The minimum absolute atomic E-state index is 0. The molecule has 10 heteroatoms. The maximum Gasteiger partial charge on any atom is 0.401 e. The molecule has 1 N–H and O–H groups in total. The van der Waals surface area contributed by atoms with Crippen LogP contribution in [0.25, 0.3) is 10.8 Å². The number of fused-ring (bicyclic) bond motifs is 1. The molecule has 4 nitrogen and oxygen atoms in total. The molecule has 0 aliphatic heterocycles. The van der Waals surface area contributed by atoms with Gasteiger partial charge in [-0.3, -0.25) is 4.79 Å². The number of nitrogens with zero attached hydrogens (tertiary/aromatic N) is 1. The van der Waals surface area contributed by atoms with Gasteiger partial charge in [-0.2, -0.15) is 18.4 Å². The molecule has 3 aromatic rings. The van der Waals surface area contributed by atoms with Gasteiger partial charge in [-0.15, -0.1) is 6.58 Å². The monoisotopic (exact) mass is 572 g/mol. The van der Waals surface area contributed by atoms with E-state index in [-0.39, 0.29) is 31.2 Å². The van der Waals surface area contributed by atoms with Crippen molar-refractivity contribution in [3.63, 3.8) is 0 Å². The molecule has 0 saturated carbocycles. The summed E-state index contributed by atoms with van der Waals surface area (Å²) in [6.07, 6.45) is -1.98. The Balaban J connectivity index is 0.000000362. The molecule has 0 aliphatic rings. The molecule has 1 atom stereocenters. The Morgan fingerprint density at radius 1 is 1.19 bits per heavy atom. The van der Waals surface area contributed by atoms with E-state index < -0.39 is 18.0 Å². The van der Waals surface area contributed by atoms with Crippen LogP contribution in [0.1, 0.15) is 41.3 Å². The van der Waals surface area contributed by atoms with E-state index >= 15 is 0 Å². The van der Waals surface area contributed by atoms with E-state index in [0.717, 1.165) is 10.9 Å². The van der Waals surface area contributed by atoms with Crippen molar-refractivity contribution < 1.29 is 22.7 Å². The lowest BCUT2D eigenvalue weighted by Gasteiger charge is -2.18. The number of halogens is 6. The highest BCUT2D eigenvalue weighted by Gasteiger charge is 2.27. The summed E-state index contributed by atoms with van der Waals surface area (Å²) in [7, 11) is 1.41. The Bertz CT molecular complexity index is 1270. The number of benzene rings is 3. The number of nitrogens with one attached hydrogen (secondary N) is 1. The number of allylic oxidation sites excluding steroid dienone is 1. The highest BCUT2D eigenvalue weighted by Crippen LogP contribution is 2.33. The first-order valence-electron chi connectivity index (χ1n) is 10.5. The second-order valence-corrected chi connectivity index (χ2v) is 8.74. The van der Waals surface area contributed by atoms with Crippen LogP contribution < -0.4 is 10.1 Å². The van der Waals surface area contributed by atoms with Crippen LogP contribution in [0.4, 0.5) is 13.2 Å². The molecule has 198 valence electrons. The average molecular weight is 574 g/mol. The smallest absolute Gasteiger partial charge is 0.401 e. The molecule has 0 bridgehead atoms. The minimum atomic E-state index is -4.21. The summed E-state index contributed by atoms with van der Waals surface area (Å²) in [4.78, 5) is 11.5. The molecule has 0 heterocycles. The van der Waals surface area contributed by atoms with Crippen molar-refractivity contribution in [2.45, 2.75) is 25.9 Å². The molecule has 0 aromatic heterocycles. The Morgan fingerprint density at radius 2 is 1.86 bits per heavy atom. The molecule has 0 fully saturated rings. The van der Waals surface area contributed by atoms with Crippen LogP contribution >= 0.6 is 34.8 Å². The third kappa shape index (κ3) is 9.24. The Labute approximate surface area is 229 Å². The summed E-state index contributed by atoms with van der Waals surface area (Å²) < 4.78 is 41.4. The fourth-order valence-electron chi connectivity index (χ4n) is 3.51. The molecular weight excluding hydrogens is 548 g/mol. The summed E-state index contributed by atoms with van der Waals surface area (Å²) in [5, 5.41) is 13.1. The fourth-order valence-corrected chi connectivity index (χ4v) is 4.01. The van der Waals surface area contributed by atoms with Gasteiger partial charge in [-0.25, -0.2) is 0 Å². The molecule has 0 aliphatic carbocycles. The van der Waals surface area contributed by atoms with Crippen LogP contribution in [0, 0.1) is 11.3 Å². The van der Waals surface area contributed by atoms with Crippen molar-refractivity contribution in [3.05, 3.63) is 87.9 Å². The van der Waals surface area contributed by atoms with E-state index in [9.17, 15) is 18.0 Å². The number of ether oxygens (including phenoxy) is 1. The van der Waals surface area contributed by atoms with Gasteiger partial charge in [0.2, 0.25) is 0 Å². The SMILES string of the molecule is C.C=CCC(CNCC(F)(F)F)c1ccc(Cl)c(Cl)c1.COc1c(C#N)cc2ccccc2c1C(=O)Cl. The van der Waals surface area contributed by atoms with E-state index in [2.05, 4.69) is 11.9 Å². The minimum Gasteiger partial charge on any atom is -0.495 e. The molecule has 0 radical (unpaired) electrons. The van der Waals surface area contributed by atoms with Gasteiger partial charge in [0.05, 0.1) is 34.8 Å². The Kier molecular flexibility index (Phi) is 12.9. The van der Waals surface area contributed by atoms with Crippen LogP contribution in [0.15, 0.2) is 61.2 Å². The van der Waals surface area contributed by atoms with E-state index in [1.54, 1.807) is 42.5 Å². The first-order chi connectivity index (χ1) is 17.0. The molecule has 1 unspecified atom stereocenters. The predicted octanol–water partition coefficient (Wildman–Crippen LogP) is 8.54. The number of alkyl halides is 3. The Hall–Kier alpha value is -2.76. The zero-order valence-electron chi connectivity index (χ0n) is 19.1. The largest absolute Gasteiger partial charge is 0.495 e. The number of nitriles is 1. The van der Waals surface area contributed by atoms with Crippen LogP contribution in [-0.4, -0.2) is 31.6 Å². The predicted molar refractivity (Wildman–Crippen MR) is 145 cm³/mol. The number of hydrogen-bond acceptors (Lipinski definition) is 4. The van der Waals surface area contributed by atoms with Gasteiger partial charge in [0.25, 0.3) is 5.24 Å². The van der Waals surface area contributed by atoms with Gasteiger partial charge in [0, 0.05) is 6.54 Å². The normalized spacial score (nSPS) is 11.4. The Morgan fingerprint density at radius 3 is 2.41 bits per heavy atom. The molecule has 3 aromatic carbocycles. The standard InChI is InChI=1S/C13H14Cl2F3N.C13H8ClNO2.CH4/c1-2-3-10(7-19-8-13(16,17)18)9-4-5-11(14)12(15)6-9;1-17-12-9(7-15)6-8-4-2-3-5-10(8)11(12)13(14)16;/h2,4-6,10,19H,1,3,7-8H2;2-6H,1H3;1H4. The van der Waals surface area contributed by atoms with Gasteiger partial charge in [-0.1, -0.05) is 67.0 Å². The topological polar surface area (TPSA) is 62.1 Å². The van der Waals surface area contributed by atoms with Crippen molar-refractivity contribution >= 4 is 50.8 Å². The van der Waals surface area contributed by atoms with E-state index in [4.69, 9.17) is 44.8 Å². The first kappa shape index (κ1) is 32.3. The van der Waals surface area contributed by atoms with E-state index in [1.807, 2.05) is 18.2 Å². The van der Waals surface area contributed by atoms with Gasteiger partial charge < -0.3 is 10.1 Å². The molecule has 0 amide bonds. The van der Waals surface area contributed by atoms with Gasteiger partial charge in [0.1, 0.15) is 11.8 Å². The molecule has 37 heavy (non-hydrogen) atoms. The zero-order chi connectivity index (χ0) is 26.9. The van der Waals surface area contributed by atoms with Crippen molar-refractivity contribution in [3.8, 4) is 11.8 Å². The number of methoxy groups -OCH3 is 1. The van der Waals surface area contributed by atoms with Crippen molar-refractivity contribution in [1.29, 1.82) is 5.26 Å². The lowest BCUT2D eigenvalue weighted by atomic mass is 9.95. The lowest BCUT2D eigenvalue weighted by molar-refractivity contribution is -0.124. The fraction of sp³-hybridized carbons (Fsp3) is 0.259. The maximum absolute atomic E-state index is 12.1. The average Bonchev–Trinajstić information content (AvgIpc) is 2.83. The third-order valence-corrected chi connectivity index (χ3v) is 6.03. The number of carbonyl (C=O) groups is 1. The van der Waals surface area contributed by atoms with Crippen LogP contribution in [0.3, 0.4) is 0 Å². The molecule has 0 saturated heterocycles. The van der Waals surface area contributed by atoms with E-state index in [1.165, 1.54) is 7.11 Å². The van der Waals surface area contributed by atoms with Crippen molar-refractivity contribution in [1.82, 2.24) is 5.32 Å². The summed E-state index contributed by atoms with van der Waals surface area (Å²) in [5.74, 6) is 0.112. The van der Waals surface area contributed by atoms with Crippen LogP contribution in [0.2, 0.25) is 10.0 Å². The summed E-state index contributed by atoms with van der Waals surface area (Å²) in [5.41, 5.74) is 1.38. The summed E-state index contributed by atoms with van der Waals surface area (Å²) in [6.45, 7) is 2.80. The number of rotatable bonds is 8. The van der Waals surface area contributed by atoms with E-state index in [0.29, 0.717) is 27.4 Å². The first-order valence-corrected chi connectivity index (χ1v) is 11.7. The van der Waals surface area contributed by atoms with Crippen LogP contribution in [0.5, 0.6) is 5.75 Å². The van der Waals surface area contributed by atoms with Crippen molar-refractivity contribution in [2.24, 2.45) is 0 Å². The lowest BCUT2D eigenvalue weighted by Crippen LogP contribution is -2.31. The second kappa shape index (κ2) is 14.8. The van der Waals surface area contributed by atoms with Gasteiger partial charge in [-0.05, 0) is 58.5 Å². The van der Waals surface area contributed by atoms with Crippen molar-refractivity contribution in [2.75, 3.05) is 20.2 Å². The highest BCUT2D eigenvalue weighted by molar-refractivity contribution is 6.69. The second-order valence-electron chi connectivity index (χ2n) is 7.58. The molecule has 0 spiro atoms.